The van der Waals surface area contributed by atoms with Crippen LogP contribution in [0.15, 0.2) is 18.2 Å². The van der Waals surface area contributed by atoms with Crippen LogP contribution in [0.3, 0.4) is 0 Å². The van der Waals surface area contributed by atoms with Crippen molar-refractivity contribution >= 4 is 0 Å². The summed E-state index contributed by atoms with van der Waals surface area (Å²) in [5, 5.41) is 3.17. The van der Waals surface area contributed by atoms with Gasteiger partial charge in [-0.05, 0) is 32.0 Å². The minimum absolute atomic E-state index is 0.260. The molecule has 1 aromatic rings. The molecule has 4 heteroatoms. The third kappa shape index (κ3) is 4.16. The zero-order valence-electron chi connectivity index (χ0n) is 10.0. The second-order valence-electron chi connectivity index (χ2n) is 4.55. The smallest absolute Gasteiger partial charge is 0.123 e. The number of rotatable bonds is 5. The van der Waals surface area contributed by atoms with E-state index in [0.717, 1.165) is 5.56 Å². The standard InChI is InChI=1S/C12H19FN2O/c1-12(2,14)8-15-7-9-6-10(13)4-5-11(9)16-3/h4-6,15H,7-8,14H2,1-3H3. The lowest BCUT2D eigenvalue weighted by Gasteiger charge is -2.19. The molecule has 0 bridgehead atoms. The predicted molar refractivity (Wildman–Crippen MR) is 62.9 cm³/mol. The lowest BCUT2D eigenvalue weighted by molar-refractivity contribution is 0.402. The van der Waals surface area contributed by atoms with Crippen molar-refractivity contribution in [3.8, 4) is 5.75 Å². The van der Waals surface area contributed by atoms with E-state index in [9.17, 15) is 4.39 Å². The van der Waals surface area contributed by atoms with E-state index in [4.69, 9.17) is 10.5 Å². The first-order valence-corrected chi connectivity index (χ1v) is 5.24. The second-order valence-corrected chi connectivity index (χ2v) is 4.55. The Morgan fingerprint density at radius 2 is 2.12 bits per heavy atom. The molecule has 1 rings (SSSR count). The zero-order valence-corrected chi connectivity index (χ0v) is 10.0. The molecule has 0 aliphatic heterocycles. The quantitative estimate of drug-likeness (QED) is 0.802. The molecule has 0 saturated carbocycles. The second kappa shape index (κ2) is 5.27. The summed E-state index contributed by atoms with van der Waals surface area (Å²) in [6.45, 7) is 5.07. The van der Waals surface area contributed by atoms with Crippen LogP contribution >= 0.6 is 0 Å². The molecule has 0 amide bonds. The number of halogens is 1. The first-order chi connectivity index (χ1) is 7.42. The lowest BCUT2D eigenvalue weighted by atomic mass is 10.1. The molecular weight excluding hydrogens is 207 g/mol. The zero-order chi connectivity index (χ0) is 12.2. The topological polar surface area (TPSA) is 47.3 Å². The molecule has 0 unspecified atom stereocenters. The van der Waals surface area contributed by atoms with E-state index in [1.165, 1.54) is 12.1 Å². The van der Waals surface area contributed by atoms with Gasteiger partial charge in [0.05, 0.1) is 7.11 Å². The Morgan fingerprint density at radius 1 is 1.44 bits per heavy atom. The fourth-order valence-electron chi connectivity index (χ4n) is 1.40. The van der Waals surface area contributed by atoms with Gasteiger partial charge >= 0.3 is 0 Å². The highest BCUT2D eigenvalue weighted by Crippen LogP contribution is 2.18. The van der Waals surface area contributed by atoms with Crippen LogP contribution in [-0.2, 0) is 6.54 Å². The van der Waals surface area contributed by atoms with Crippen LogP contribution in [-0.4, -0.2) is 19.2 Å². The van der Waals surface area contributed by atoms with Gasteiger partial charge < -0.3 is 15.8 Å². The Balaban J connectivity index is 2.62. The molecule has 3 N–H and O–H groups in total. The van der Waals surface area contributed by atoms with Gasteiger partial charge in [0.2, 0.25) is 0 Å². The Kier molecular flexibility index (Phi) is 4.26. The summed E-state index contributed by atoms with van der Waals surface area (Å²) < 4.78 is 18.2. The summed E-state index contributed by atoms with van der Waals surface area (Å²) >= 11 is 0. The van der Waals surface area contributed by atoms with Crippen LogP contribution in [0, 0.1) is 5.82 Å². The predicted octanol–water partition coefficient (Wildman–Crippen LogP) is 1.66. The number of nitrogens with two attached hydrogens (primary N) is 1. The van der Waals surface area contributed by atoms with Crippen molar-refractivity contribution in [3.63, 3.8) is 0 Å². The maximum atomic E-state index is 13.0. The van der Waals surface area contributed by atoms with Crippen LogP contribution in [0.2, 0.25) is 0 Å². The summed E-state index contributed by atoms with van der Waals surface area (Å²) in [5.74, 6) is 0.424. The van der Waals surface area contributed by atoms with Crippen LogP contribution in [0.1, 0.15) is 19.4 Å². The van der Waals surface area contributed by atoms with Crippen molar-refractivity contribution < 1.29 is 9.13 Å². The van der Waals surface area contributed by atoms with Gasteiger partial charge in [-0.15, -0.1) is 0 Å². The van der Waals surface area contributed by atoms with E-state index in [0.29, 0.717) is 18.8 Å². The SMILES string of the molecule is COc1ccc(F)cc1CNCC(C)(C)N. The molecule has 0 aliphatic carbocycles. The number of hydrogen-bond acceptors (Lipinski definition) is 3. The number of nitrogens with one attached hydrogen (secondary N) is 1. The van der Waals surface area contributed by atoms with Gasteiger partial charge in [0.1, 0.15) is 11.6 Å². The molecule has 0 aromatic heterocycles. The van der Waals surface area contributed by atoms with E-state index in [2.05, 4.69) is 5.32 Å². The van der Waals surface area contributed by atoms with Gasteiger partial charge in [-0.3, -0.25) is 0 Å². The molecule has 0 aliphatic rings. The Labute approximate surface area is 95.8 Å². The van der Waals surface area contributed by atoms with Gasteiger partial charge in [-0.25, -0.2) is 4.39 Å². The average Bonchev–Trinajstić information content (AvgIpc) is 2.16. The maximum absolute atomic E-state index is 13.0. The van der Waals surface area contributed by atoms with Gasteiger partial charge in [-0.2, -0.15) is 0 Å². The van der Waals surface area contributed by atoms with Crippen LogP contribution < -0.4 is 15.8 Å². The lowest BCUT2D eigenvalue weighted by Crippen LogP contribution is -2.42. The molecule has 0 saturated heterocycles. The van der Waals surface area contributed by atoms with Crippen LogP contribution in [0.5, 0.6) is 5.75 Å². The molecule has 1 aromatic carbocycles. The summed E-state index contributed by atoms with van der Waals surface area (Å²) in [4.78, 5) is 0. The van der Waals surface area contributed by atoms with Crippen molar-refractivity contribution in [1.29, 1.82) is 0 Å². The molecule has 90 valence electrons. The number of ether oxygens (including phenoxy) is 1. The van der Waals surface area contributed by atoms with Crippen molar-refractivity contribution in [2.75, 3.05) is 13.7 Å². The minimum atomic E-state index is -0.277. The van der Waals surface area contributed by atoms with Gasteiger partial charge in [0.15, 0.2) is 0 Å². The summed E-state index contributed by atoms with van der Waals surface area (Å²) in [7, 11) is 1.57. The van der Waals surface area contributed by atoms with Crippen molar-refractivity contribution in [2.24, 2.45) is 5.73 Å². The van der Waals surface area contributed by atoms with E-state index in [-0.39, 0.29) is 11.4 Å². The highest BCUT2D eigenvalue weighted by molar-refractivity contribution is 5.33. The maximum Gasteiger partial charge on any atom is 0.123 e. The molecule has 0 fully saturated rings. The summed E-state index contributed by atoms with van der Waals surface area (Å²) in [6, 6.07) is 4.48. The van der Waals surface area contributed by atoms with Crippen LogP contribution in [0.25, 0.3) is 0 Å². The number of hydrogen-bond donors (Lipinski definition) is 2. The van der Waals surface area contributed by atoms with E-state index in [1.54, 1.807) is 13.2 Å². The first kappa shape index (κ1) is 12.9. The highest BCUT2D eigenvalue weighted by Gasteiger charge is 2.10. The van der Waals surface area contributed by atoms with Crippen molar-refractivity contribution in [1.82, 2.24) is 5.32 Å². The van der Waals surface area contributed by atoms with E-state index in [1.807, 2.05) is 13.8 Å². The molecule has 0 atom stereocenters. The van der Waals surface area contributed by atoms with E-state index >= 15 is 0 Å². The average molecular weight is 226 g/mol. The molecule has 0 spiro atoms. The summed E-state index contributed by atoms with van der Waals surface area (Å²) in [6.07, 6.45) is 0. The fourth-order valence-corrected chi connectivity index (χ4v) is 1.40. The highest BCUT2D eigenvalue weighted by atomic mass is 19.1. The molecule has 3 nitrogen and oxygen atoms in total. The Morgan fingerprint density at radius 3 is 2.69 bits per heavy atom. The largest absolute Gasteiger partial charge is 0.496 e. The Hall–Kier alpha value is -1.13. The van der Waals surface area contributed by atoms with E-state index < -0.39 is 0 Å². The van der Waals surface area contributed by atoms with Crippen LogP contribution in [0.4, 0.5) is 4.39 Å². The van der Waals surface area contributed by atoms with Gasteiger partial charge in [0, 0.05) is 24.2 Å². The van der Waals surface area contributed by atoms with Crippen molar-refractivity contribution in [3.05, 3.63) is 29.6 Å². The van der Waals surface area contributed by atoms with Gasteiger partial charge in [0.25, 0.3) is 0 Å². The molecular formula is C12H19FN2O. The minimum Gasteiger partial charge on any atom is -0.496 e. The molecule has 0 radical (unpaired) electrons. The fraction of sp³-hybridized carbons (Fsp3) is 0.500. The Bertz CT molecular complexity index is 347. The number of methoxy groups -OCH3 is 1. The molecule has 0 heterocycles. The third-order valence-electron chi connectivity index (χ3n) is 2.14. The van der Waals surface area contributed by atoms with Crippen molar-refractivity contribution in [2.45, 2.75) is 25.9 Å². The summed E-state index contributed by atoms with van der Waals surface area (Å²) in [5.41, 5.74) is 6.35. The molecule has 16 heavy (non-hydrogen) atoms. The van der Waals surface area contributed by atoms with Gasteiger partial charge in [-0.1, -0.05) is 0 Å². The normalized spacial score (nSPS) is 11.6. The number of benzene rings is 1. The first-order valence-electron chi connectivity index (χ1n) is 5.24. The third-order valence-corrected chi connectivity index (χ3v) is 2.14. The monoisotopic (exact) mass is 226 g/mol.